The van der Waals surface area contributed by atoms with Crippen molar-refractivity contribution < 1.29 is 27.1 Å². The molecule has 80 valence electrons. The quantitative estimate of drug-likeness (QED) is 0.527. The highest BCUT2D eigenvalue weighted by Gasteiger charge is 2.00. The molecular weight excluding hydrogens is 200 g/mol. The van der Waals surface area contributed by atoms with Crippen molar-refractivity contribution in [1.29, 1.82) is 0 Å². The van der Waals surface area contributed by atoms with Crippen molar-refractivity contribution in [1.82, 2.24) is 0 Å². The van der Waals surface area contributed by atoms with E-state index >= 15 is 0 Å². The van der Waals surface area contributed by atoms with Crippen molar-refractivity contribution in [3.63, 3.8) is 0 Å². The summed E-state index contributed by atoms with van der Waals surface area (Å²) in [5.41, 5.74) is 0. The third kappa shape index (κ3) is 34.7. The molecule has 0 aromatic heterocycles. The van der Waals surface area contributed by atoms with Gasteiger partial charge in [0.05, 0.1) is 6.61 Å². The monoisotopic (exact) mass is 214 g/mol. The zero-order valence-corrected chi connectivity index (χ0v) is 8.37. The second-order valence-corrected chi connectivity index (χ2v) is 3.21. The molecule has 0 radical (unpaired) electrons. The Bertz CT molecular complexity index is 215. The first kappa shape index (κ1) is 14.8. The van der Waals surface area contributed by atoms with E-state index in [9.17, 15) is 8.42 Å². The van der Waals surface area contributed by atoms with Gasteiger partial charge in [-0.1, -0.05) is 13.3 Å². The summed E-state index contributed by atoms with van der Waals surface area (Å²) < 4.78 is 31.7. The highest BCUT2D eigenvalue weighted by atomic mass is 32.3. The van der Waals surface area contributed by atoms with Gasteiger partial charge in [0.2, 0.25) is 0 Å². The van der Waals surface area contributed by atoms with Crippen LogP contribution in [0, 0.1) is 0 Å². The fourth-order valence-electron chi connectivity index (χ4n) is 0.309. The average molecular weight is 214 g/mol. The van der Waals surface area contributed by atoms with Crippen LogP contribution in [-0.4, -0.2) is 30.7 Å². The van der Waals surface area contributed by atoms with Gasteiger partial charge in [-0.15, -0.1) is 0 Å². The number of rotatable bonds is 4. The van der Waals surface area contributed by atoms with Gasteiger partial charge in [-0.05, 0) is 6.42 Å². The van der Waals surface area contributed by atoms with Crippen molar-refractivity contribution in [3.05, 3.63) is 0 Å². The van der Waals surface area contributed by atoms with Crippen molar-refractivity contribution in [2.24, 2.45) is 0 Å². The summed E-state index contributed by atoms with van der Waals surface area (Å²) in [6, 6.07) is 0. The number of hydrogen-bond donors (Lipinski definition) is 2. The molecule has 6 nitrogen and oxygen atoms in total. The first-order chi connectivity index (χ1) is 5.79. The maximum atomic E-state index is 9.84. The summed E-state index contributed by atoms with van der Waals surface area (Å²) in [5.74, 6) is -0.833. The van der Waals surface area contributed by atoms with E-state index in [-0.39, 0.29) is 6.61 Å². The normalized spacial score (nSPS) is 10.1. The van der Waals surface area contributed by atoms with E-state index in [1.54, 1.807) is 0 Å². The first-order valence-electron chi connectivity index (χ1n) is 3.61. The molecule has 7 heteroatoms. The third-order valence-corrected chi connectivity index (χ3v) is 1.19. The van der Waals surface area contributed by atoms with Gasteiger partial charge in [-0.25, -0.2) is 4.18 Å². The lowest BCUT2D eigenvalue weighted by Crippen LogP contribution is -2.04. The van der Waals surface area contributed by atoms with Gasteiger partial charge in [0.15, 0.2) is 0 Å². The maximum Gasteiger partial charge on any atom is 0.397 e. The topological polar surface area (TPSA) is 101 Å². The van der Waals surface area contributed by atoms with Crippen LogP contribution >= 0.6 is 0 Å². The molecule has 0 atom stereocenters. The summed E-state index contributed by atoms with van der Waals surface area (Å²) in [4.78, 5) is 9.00. The fourth-order valence-corrected chi connectivity index (χ4v) is 0.637. The molecule has 13 heavy (non-hydrogen) atoms. The van der Waals surface area contributed by atoms with E-state index in [0.717, 1.165) is 13.3 Å². The molecule has 0 bridgehead atoms. The number of carbonyl (C=O) groups is 1. The molecule has 0 saturated carbocycles. The Hall–Kier alpha value is -0.660. The Morgan fingerprint density at radius 1 is 1.46 bits per heavy atom. The predicted octanol–water partition coefficient (Wildman–Crippen LogP) is 0.697. The number of unbranched alkanes of at least 4 members (excludes halogenated alkanes) is 1. The number of aliphatic carboxylic acids is 1. The van der Waals surface area contributed by atoms with Crippen LogP contribution in [0.3, 0.4) is 0 Å². The van der Waals surface area contributed by atoms with E-state index < -0.39 is 16.4 Å². The first-order valence-corrected chi connectivity index (χ1v) is 4.97. The zero-order chi connectivity index (χ0) is 10.9. The minimum atomic E-state index is -4.20. The van der Waals surface area contributed by atoms with Crippen molar-refractivity contribution in [2.45, 2.75) is 26.7 Å². The molecule has 0 saturated heterocycles. The van der Waals surface area contributed by atoms with Crippen LogP contribution in [0.4, 0.5) is 0 Å². The molecule has 0 amide bonds. The van der Waals surface area contributed by atoms with Crippen LogP contribution in [0.15, 0.2) is 0 Å². The number of hydrogen-bond acceptors (Lipinski definition) is 4. The molecular formula is C6H14O6S. The van der Waals surface area contributed by atoms with Crippen LogP contribution in [-0.2, 0) is 19.4 Å². The summed E-state index contributed by atoms with van der Waals surface area (Å²) in [6.07, 6.45) is 1.48. The molecule has 0 aromatic carbocycles. The summed E-state index contributed by atoms with van der Waals surface area (Å²) in [5, 5.41) is 7.42. The molecule has 0 aromatic rings. The lowest BCUT2D eigenvalue weighted by Gasteiger charge is -1.95. The highest BCUT2D eigenvalue weighted by Crippen LogP contribution is 1.91. The van der Waals surface area contributed by atoms with Gasteiger partial charge in [0.1, 0.15) is 0 Å². The van der Waals surface area contributed by atoms with E-state index in [2.05, 4.69) is 4.18 Å². The summed E-state index contributed by atoms with van der Waals surface area (Å²) in [6.45, 7) is 3.04. The lowest BCUT2D eigenvalue weighted by atomic mass is 10.4. The van der Waals surface area contributed by atoms with Gasteiger partial charge < -0.3 is 5.11 Å². The molecule has 2 N–H and O–H groups in total. The molecule has 0 rings (SSSR count). The van der Waals surface area contributed by atoms with Gasteiger partial charge >= 0.3 is 10.4 Å². The van der Waals surface area contributed by atoms with Crippen LogP contribution in [0.5, 0.6) is 0 Å². The molecule has 0 unspecified atom stereocenters. The minimum absolute atomic E-state index is 0.0648. The predicted molar refractivity (Wildman–Crippen MR) is 45.7 cm³/mol. The van der Waals surface area contributed by atoms with E-state index in [1.807, 2.05) is 6.92 Å². The van der Waals surface area contributed by atoms with E-state index in [1.165, 1.54) is 0 Å². The molecule has 0 spiro atoms. The molecule has 0 fully saturated rings. The standard InChI is InChI=1S/C4H10O4S.C2H4O2/c1-2-3-4-8-9(5,6)7;1-2(3)4/h2-4H2,1H3,(H,5,6,7);1H3,(H,3,4). The van der Waals surface area contributed by atoms with E-state index in [4.69, 9.17) is 14.5 Å². The maximum absolute atomic E-state index is 9.84. The van der Waals surface area contributed by atoms with Gasteiger partial charge in [0, 0.05) is 6.92 Å². The Labute approximate surface area is 77.5 Å². The summed E-state index contributed by atoms with van der Waals surface area (Å²) >= 11 is 0. The smallest absolute Gasteiger partial charge is 0.397 e. The average Bonchev–Trinajstić information content (AvgIpc) is 1.83. The van der Waals surface area contributed by atoms with Gasteiger partial charge in [-0.2, -0.15) is 8.42 Å². The molecule has 0 aliphatic heterocycles. The van der Waals surface area contributed by atoms with E-state index in [0.29, 0.717) is 6.42 Å². The summed E-state index contributed by atoms with van der Waals surface area (Å²) in [7, 11) is -4.20. The van der Waals surface area contributed by atoms with Gasteiger partial charge in [-0.3, -0.25) is 9.35 Å². The van der Waals surface area contributed by atoms with Crippen molar-refractivity contribution >= 4 is 16.4 Å². The van der Waals surface area contributed by atoms with Crippen LogP contribution in [0.25, 0.3) is 0 Å². The van der Waals surface area contributed by atoms with Crippen LogP contribution in [0.2, 0.25) is 0 Å². The van der Waals surface area contributed by atoms with Crippen molar-refractivity contribution in [2.75, 3.05) is 6.61 Å². The third-order valence-electron chi connectivity index (χ3n) is 0.730. The number of carboxylic acid groups (broad SMARTS) is 1. The van der Waals surface area contributed by atoms with Crippen molar-refractivity contribution in [3.8, 4) is 0 Å². The molecule has 0 heterocycles. The van der Waals surface area contributed by atoms with Crippen LogP contribution in [0.1, 0.15) is 26.7 Å². The molecule has 0 aliphatic carbocycles. The highest BCUT2D eigenvalue weighted by molar-refractivity contribution is 7.80. The van der Waals surface area contributed by atoms with Gasteiger partial charge in [0.25, 0.3) is 5.97 Å². The minimum Gasteiger partial charge on any atom is -0.481 e. The second kappa shape index (κ2) is 7.96. The Balaban J connectivity index is 0. The Morgan fingerprint density at radius 2 is 1.85 bits per heavy atom. The second-order valence-electron chi connectivity index (χ2n) is 2.12. The Morgan fingerprint density at radius 3 is 2.08 bits per heavy atom. The largest absolute Gasteiger partial charge is 0.481 e. The number of carboxylic acids is 1. The van der Waals surface area contributed by atoms with Crippen LogP contribution < -0.4 is 0 Å². The molecule has 0 aliphatic rings. The Kier molecular flexibility index (Phi) is 9.09. The zero-order valence-electron chi connectivity index (χ0n) is 7.56. The fraction of sp³-hybridized carbons (Fsp3) is 0.833. The lowest BCUT2D eigenvalue weighted by molar-refractivity contribution is -0.134. The SMILES string of the molecule is CC(=O)O.CCCCOS(=O)(=O)O.